The van der Waals surface area contributed by atoms with Crippen LogP contribution in [-0.4, -0.2) is 25.8 Å². The number of rotatable bonds is 8. The van der Waals surface area contributed by atoms with Crippen LogP contribution in [0.3, 0.4) is 0 Å². The molecule has 5 nitrogen and oxygen atoms in total. The largest absolute Gasteiger partial charge is 0.478 e. The summed E-state index contributed by atoms with van der Waals surface area (Å²) in [4.78, 5) is 16.4. The van der Waals surface area contributed by atoms with Crippen LogP contribution >= 0.6 is 0 Å². The summed E-state index contributed by atoms with van der Waals surface area (Å²) in [5.74, 6) is 1.76. The third-order valence-electron chi connectivity index (χ3n) is 6.28. The number of hydrogen-bond acceptors (Lipinski definition) is 3. The summed E-state index contributed by atoms with van der Waals surface area (Å²) < 4.78 is 2.03. The van der Waals surface area contributed by atoms with Crippen LogP contribution in [0, 0.1) is 5.92 Å². The summed E-state index contributed by atoms with van der Waals surface area (Å²) in [7, 11) is 0. The van der Waals surface area contributed by atoms with Crippen LogP contribution < -0.4 is 0 Å². The van der Waals surface area contributed by atoms with Gasteiger partial charge in [-0.1, -0.05) is 86.7 Å². The maximum atomic E-state index is 11.5. The van der Waals surface area contributed by atoms with Gasteiger partial charge in [-0.05, 0) is 35.6 Å². The number of hydrogen-bond donors (Lipinski definition) is 1. The van der Waals surface area contributed by atoms with E-state index in [0.29, 0.717) is 18.0 Å². The van der Waals surface area contributed by atoms with Crippen molar-refractivity contribution in [2.24, 2.45) is 5.92 Å². The third-order valence-corrected chi connectivity index (χ3v) is 6.28. The normalized spacial score (nSPS) is 14.8. The van der Waals surface area contributed by atoms with E-state index in [0.717, 1.165) is 41.2 Å². The second-order valence-electron chi connectivity index (χ2n) is 8.63. The maximum absolute atomic E-state index is 11.5. The van der Waals surface area contributed by atoms with E-state index < -0.39 is 5.97 Å². The average molecular weight is 430 g/mol. The molecule has 1 N–H and O–H groups in total. The smallest absolute Gasteiger partial charge is 0.336 e. The zero-order chi connectivity index (χ0) is 22.3. The molecule has 0 atom stereocenters. The number of aromatic nitrogens is 3. The average Bonchev–Trinajstić information content (AvgIpc) is 3.19. The van der Waals surface area contributed by atoms with E-state index in [1.807, 2.05) is 35.9 Å². The lowest BCUT2D eigenvalue weighted by Gasteiger charge is -2.19. The number of carboxylic acids is 1. The van der Waals surface area contributed by atoms with Crippen LogP contribution in [0.2, 0.25) is 0 Å². The molecule has 0 unspecified atom stereocenters. The topological polar surface area (TPSA) is 68.0 Å². The molecule has 166 valence electrons. The zero-order valence-corrected chi connectivity index (χ0v) is 18.7. The molecule has 4 rings (SSSR count). The SMILES string of the molecule is C/C=C/Cc1nc(CC2CCCCC2)nn1Cc1ccc(-c2ccccc2C(=O)O)cc1. The van der Waals surface area contributed by atoms with Crippen LogP contribution in [0.5, 0.6) is 0 Å². The van der Waals surface area contributed by atoms with E-state index in [-0.39, 0.29) is 0 Å². The van der Waals surface area contributed by atoms with Crippen molar-refractivity contribution in [1.29, 1.82) is 0 Å². The standard InChI is InChI=1S/C27H31N3O2/c1-2-3-13-26-28-25(18-20-9-5-4-6-10-20)29-30(26)19-21-14-16-22(17-15-21)23-11-7-8-12-24(23)27(31)32/h2-3,7-8,11-12,14-17,20H,4-6,9-10,13,18-19H2,1H3,(H,31,32)/b3-2+. The highest BCUT2D eigenvalue weighted by Gasteiger charge is 2.18. The van der Waals surface area contributed by atoms with Gasteiger partial charge in [0.15, 0.2) is 5.82 Å². The maximum Gasteiger partial charge on any atom is 0.336 e. The Hall–Kier alpha value is -3.21. The lowest BCUT2D eigenvalue weighted by atomic mass is 9.87. The van der Waals surface area contributed by atoms with E-state index in [1.54, 1.807) is 12.1 Å². The number of carboxylic acid groups (broad SMARTS) is 1. The molecule has 1 fully saturated rings. The van der Waals surface area contributed by atoms with Crippen LogP contribution in [0.1, 0.15) is 66.6 Å². The fourth-order valence-corrected chi connectivity index (χ4v) is 4.55. The van der Waals surface area contributed by atoms with Gasteiger partial charge in [-0.3, -0.25) is 0 Å². The third kappa shape index (κ3) is 5.34. The molecule has 0 amide bonds. The van der Waals surface area contributed by atoms with Crippen molar-refractivity contribution in [1.82, 2.24) is 14.8 Å². The highest BCUT2D eigenvalue weighted by molar-refractivity contribution is 5.95. The Morgan fingerprint density at radius 1 is 1.09 bits per heavy atom. The van der Waals surface area contributed by atoms with Gasteiger partial charge in [0.2, 0.25) is 0 Å². The van der Waals surface area contributed by atoms with Crippen molar-refractivity contribution in [3.8, 4) is 11.1 Å². The molecular formula is C27H31N3O2. The van der Waals surface area contributed by atoms with Gasteiger partial charge in [0, 0.05) is 12.8 Å². The highest BCUT2D eigenvalue weighted by Crippen LogP contribution is 2.27. The van der Waals surface area contributed by atoms with Gasteiger partial charge in [0.05, 0.1) is 12.1 Å². The lowest BCUT2D eigenvalue weighted by molar-refractivity contribution is 0.0697. The fourth-order valence-electron chi connectivity index (χ4n) is 4.55. The van der Waals surface area contributed by atoms with Crippen molar-refractivity contribution in [2.75, 3.05) is 0 Å². The van der Waals surface area contributed by atoms with Gasteiger partial charge in [-0.25, -0.2) is 14.5 Å². The molecule has 32 heavy (non-hydrogen) atoms. The molecule has 0 saturated heterocycles. The van der Waals surface area contributed by atoms with Gasteiger partial charge >= 0.3 is 5.97 Å². The quantitative estimate of drug-likeness (QED) is 0.450. The van der Waals surface area contributed by atoms with Crippen LogP contribution in [0.25, 0.3) is 11.1 Å². The van der Waals surface area contributed by atoms with Gasteiger partial charge < -0.3 is 5.11 Å². The molecule has 0 spiro atoms. The summed E-state index contributed by atoms with van der Waals surface area (Å²) in [6, 6.07) is 15.2. The molecule has 0 radical (unpaired) electrons. The van der Waals surface area contributed by atoms with Crippen molar-refractivity contribution in [3.63, 3.8) is 0 Å². The number of nitrogens with zero attached hydrogens (tertiary/aromatic N) is 3. The Kier molecular flexibility index (Phi) is 7.15. The summed E-state index contributed by atoms with van der Waals surface area (Å²) in [6.07, 6.45) is 12.5. The molecule has 2 aromatic carbocycles. The molecule has 1 aliphatic carbocycles. The molecule has 1 aromatic heterocycles. The van der Waals surface area contributed by atoms with E-state index in [4.69, 9.17) is 10.1 Å². The van der Waals surface area contributed by atoms with Crippen molar-refractivity contribution < 1.29 is 9.90 Å². The Morgan fingerprint density at radius 3 is 2.56 bits per heavy atom. The second kappa shape index (κ2) is 10.4. The van der Waals surface area contributed by atoms with Crippen LogP contribution in [-0.2, 0) is 19.4 Å². The molecular weight excluding hydrogens is 398 g/mol. The first-order chi connectivity index (χ1) is 15.6. The van der Waals surface area contributed by atoms with Gasteiger partial charge in [0.25, 0.3) is 0 Å². The van der Waals surface area contributed by atoms with E-state index in [9.17, 15) is 9.90 Å². The van der Waals surface area contributed by atoms with Crippen LogP contribution in [0.15, 0.2) is 60.7 Å². The Morgan fingerprint density at radius 2 is 1.84 bits per heavy atom. The predicted molar refractivity (Wildman–Crippen MR) is 127 cm³/mol. The lowest BCUT2D eigenvalue weighted by Crippen LogP contribution is -2.11. The summed E-state index contributed by atoms with van der Waals surface area (Å²) in [5, 5.41) is 14.3. The van der Waals surface area contributed by atoms with Crippen molar-refractivity contribution in [3.05, 3.63) is 83.5 Å². The molecule has 1 aliphatic rings. The molecule has 0 aliphatic heterocycles. The summed E-state index contributed by atoms with van der Waals surface area (Å²) in [5.41, 5.74) is 3.07. The minimum Gasteiger partial charge on any atom is -0.478 e. The predicted octanol–water partition coefficient (Wildman–Crippen LogP) is 5.93. The van der Waals surface area contributed by atoms with Gasteiger partial charge in [-0.15, -0.1) is 0 Å². The highest BCUT2D eigenvalue weighted by atomic mass is 16.4. The van der Waals surface area contributed by atoms with E-state index in [2.05, 4.69) is 24.3 Å². The fraction of sp³-hybridized carbons (Fsp3) is 0.370. The molecule has 1 saturated carbocycles. The Bertz CT molecular complexity index is 1080. The number of carbonyl (C=O) groups is 1. The minimum atomic E-state index is -0.911. The number of allylic oxidation sites excluding steroid dienone is 2. The number of benzene rings is 2. The summed E-state index contributed by atoms with van der Waals surface area (Å²) >= 11 is 0. The minimum absolute atomic E-state index is 0.317. The first-order valence-electron chi connectivity index (χ1n) is 11.6. The molecule has 3 aromatic rings. The Labute approximate surface area is 189 Å². The monoisotopic (exact) mass is 429 g/mol. The van der Waals surface area contributed by atoms with E-state index in [1.165, 1.54) is 32.1 Å². The van der Waals surface area contributed by atoms with Gasteiger partial charge in [0.1, 0.15) is 5.82 Å². The zero-order valence-electron chi connectivity index (χ0n) is 18.7. The molecule has 5 heteroatoms. The first-order valence-corrected chi connectivity index (χ1v) is 11.6. The van der Waals surface area contributed by atoms with Crippen LogP contribution in [0.4, 0.5) is 0 Å². The van der Waals surface area contributed by atoms with Gasteiger partial charge in [-0.2, -0.15) is 5.10 Å². The van der Waals surface area contributed by atoms with Crippen molar-refractivity contribution >= 4 is 5.97 Å². The number of aromatic carboxylic acids is 1. The Balaban J connectivity index is 1.53. The second-order valence-corrected chi connectivity index (χ2v) is 8.63. The van der Waals surface area contributed by atoms with E-state index >= 15 is 0 Å². The molecule has 0 bridgehead atoms. The first kappa shape index (κ1) is 22.0. The van der Waals surface area contributed by atoms with Crippen molar-refractivity contribution in [2.45, 2.75) is 58.4 Å². The summed E-state index contributed by atoms with van der Waals surface area (Å²) in [6.45, 7) is 2.68. The molecule has 1 heterocycles.